The van der Waals surface area contributed by atoms with Crippen LogP contribution in [-0.2, 0) is 19.7 Å². The van der Waals surface area contributed by atoms with Crippen LogP contribution in [0.1, 0.15) is 32.3 Å². The number of carboxylic acids is 2. The Labute approximate surface area is 142 Å². The van der Waals surface area contributed by atoms with Gasteiger partial charge in [-0.05, 0) is 19.1 Å². The lowest BCUT2D eigenvalue weighted by atomic mass is 10.1. The van der Waals surface area contributed by atoms with Gasteiger partial charge in [-0.3, -0.25) is 14.1 Å². The molecule has 0 aliphatic rings. The largest absolute Gasteiger partial charge is 0.481 e. The molecule has 1 aromatic rings. The van der Waals surface area contributed by atoms with Crippen molar-refractivity contribution in [2.24, 2.45) is 11.7 Å². The van der Waals surface area contributed by atoms with E-state index < -0.39 is 28.0 Å². The van der Waals surface area contributed by atoms with Crippen LogP contribution in [0.3, 0.4) is 0 Å². The molecule has 0 aliphatic heterocycles. The van der Waals surface area contributed by atoms with E-state index in [4.69, 9.17) is 20.5 Å². The van der Waals surface area contributed by atoms with Crippen LogP contribution in [-0.4, -0.2) is 41.7 Å². The highest BCUT2D eigenvalue weighted by Gasteiger charge is 2.23. The van der Waals surface area contributed by atoms with Crippen molar-refractivity contribution >= 4 is 22.1 Å². The third kappa shape index (κ3) is 11.6. The fourth-order valence-corrected chi connectivity index (χ4v) is 1.50. The molecule has 0 spiro atoms. The molecule has 0 saturated heterocycles. The van der Waals surface area contributed by atoms with Gasteiger partial charge in [-0.15, -0.1) is 0 Å². The molecule has 0 fully saturated rings. The van der Waals surface area contributed by atoms with Crippen molar-refractivity contribution in [3.05, 3.63) is 29.8 Å². The summed E-state index contributed by atoms with van der Waals surface area (Å²) in [6.07, 6.45) is 2.64. The number of benzene rings is 1. The van der Waals surface area contributed by atoms with Gasteiger partial charge in [-0.1, -0.05) is 44.4 Å². The highest BCUT2D eigenvalue weighted by molar-refractivity contribution is 7.85. The van der Waals surface area contributed by atoms with Gasteiger partial charge in [-0.25, -0.2) is 0 Å². The van der Waals surface area contributed by atoms with E-state index in [-0.39, 0.29) is 11.4 Å². The van der Waals surface area contributed by atoms with Crippen molar-refractivity contribution in [1.82, 2.24) is 0 Å². The Morgan fingerprint density at radius 2 is 1.42 bits per heavy atom. The average Bonchev–Trinajstić information content (AvgIpc) is 2.47. The van der Waals surface area contributed by atoms with E-state index in [1.807, 2.05) is 6.92 Å². The Hall–Kier alpha value is -1.97. The molecule has 0 radical (unpaired) electrons. The normalized spacial score (nSPS) is 10.1. The molecule has 0 amide bonds. The Balaban J connectivity index is 0. The number of hydrogen-bond acceptors (Lipinski definition) is 5. The highest BCUT2D eigenvalue weighted by Crippen LogP contribution is 2.08. The predicted molar refractivity (Wildman–Crippen MR) is 89.4 cm³/mol. The molecule has 0 heterocycles. The minimum Gasteiger partial charge on any atom is -0.481 e. The zero-order chi connectivity index (χ0) is 19.3. The molecule has 1 aromatic carbocycles. The van der Waals surface area contributed by atoms with Gasteiger partial charge in [0.15, 0.2) is 5.92 Å². The van der Waals surface area contributed by atoms with E-state index in [1.54, 1.807) is 12.1 Å². The van der Waals surface area contributed by atoms with E-state index in [0.29, 0.717) is 0 Å². The Bertz CT molecular complexity index is 581. The van der Waals surface area contributed by atoms with Crippen molar-refractivity contribution < 1.29 is 32.8 Å². The first-order valence-corrected chi connectivity index (χ1v) is 8.64. The molecule has 0 bridgehead atoms. The van der Waals surface area contributed by atoms with Crippen molar-refractivity contribution in [1.29, 1.82) is 0 Å². The van der Waals surface area contributed by atoms with E-state index >= 15 is 0 Å². The fraction of sp³-hybridized carbons (Fsp3) is 0.467. The minimum absolute atomic E-state index is 0.0666. The number of aryl methyl sites for hydroxylation is 1. The third-order valence-corrected chi connectivity index (χ3v) is 3.52. The summed E-state index contributed by atoms with van der Waals surface area (Å²) in [7, 11) is -4.02. The number of hydrogen-bond donors (Lipinski definition) is 4. The summed E-state index contributed by atoms with van der Waals surface area (Å²) in [5.41, 5.74) is 5.77. The van der Waals surface area contributed by atoms with Crippen molar-refractivity contribution in [3.8, 4) is 0 Å². The van der Waals surface area contributed by atoms with Crippen LogP contribution in [0.4, 0.5) is 0 Å². The lowest BCUT2D eigenvalue weighted by Gasteiger charge is -2.00. The van der Waals surface area contributed by atoms with Gasteiger partial charge >= 0.3 is 11.9 Å². The van der Waals surface area contributed by atoms with Crippen LogP contribution in [0.15, 0.2) is 29.2 Å². The molecule has 0 unspecified atom stereocenters. The van der Waals surface area contributed by atoms with Crippen LogP contribution < -0.4 is 5.73 Å². The highest BCUT2D eigenvalue weighted by atomic mass is 32.2. The molecule has 9 heteroatoms. The van der Waals surface area contributed by atoms with Crippen molar-refractivity contribution in [3.63, 3.8) is 0 Å². The second-order valence-corrected chi connectivity index (χ2v) is 6.17. The second-order valence-electron chi connectivity index (χ2n) is 4.75. The molecule has 8 nitrogen and oxygen atoms in total. The monoisotopic (exact) mass is 363 g/mol. The number of nitrogens with two attached hydrogens (primary N) is 1. The fourth-order valence-electron chi connectivity index (χ4n) is 1.02. The zero-order valence-corrected chi connectivity index (χ0v) is 14.8. The van der Waals surface area contributed by atoms with Gasteiger partial charge < -0.3 is 15.9 Å². The zero-order valence-electron chi connectivity index (χ0n) is 14.0. The van der Waals surface area contributed by atoms with Gasteiger partial charge in [0.05, 0.1) is 4.90 Å². The van der Waals surface area contributed by atoms with Crippen LogP contribution in [0, 0.1) is 12.8 Å². The van der Waals surface area contributed by atoms with Crippen molar-refractivity contribution in [2.45, 2.75) is 38.5 Å². The molecule has 1 rings (SSSR count). The quantitative estimate of drug-likeness (QED) is 0.456. The summed E-state index contributed by atoms with van der Waals surface area (Å²) in [6.45, 7) is 5.83. The number of unbranched alkanes of at least 4 members (excludes halogenated alkanes) is 1. The van der Waals surface area contributed by atoms with Gasteiger partial charge in [-0.2, -0.15) is 8.42 Å². The van der Waals surface area contributed by atoms with Gasteiger partial charge in [0.2, 0.25) is 0 Å². The first-order chi connectivity index (χ1) is 11.0. The molecule has 138 valence electrons. The summed E-state index contributed by atoms with van der Waals surface area (Å²) in [5, 5.41) is 16.2. The molecule has 0 atom stereocenters. The minimum atomic E-state index is -4.02. The van der Waals surface area contributed by atoms with E-state index in [2.05, 4.69) is 13.8 Å². The predicted octanol–water partition coefficient (Wildman–Crippen LogP) is 1.78. The number of aliphatic carboxylic acids is 2. The summed E-state index contributed by atoms with van der Waals surface area (Å²) in [6, 6.07) is 5.99. The van der Waals surface area contributed by atoms with Gasteiger partial charge in [0, 0.05) is 6.54 Å². The van der Waals surface area contributed by atoms with Crippen LogP contribution >= 0.6 is 0 Å². The Morgan fingerprint density at radius 1 is 1.04 bits per heavy atom. The summed E-state index contributed by atoms with van der Waals surface area (Å²) in [4.78, 5) is 19.8. The van der Waals surface area contributed by atoms with Crippen LogP contribution in [0.5, 0.6) is 0 Å². The Morgan fingerprint density at radius 3 is 1.58 bits per heavy atom. The maximum atomic E-state index is 10.5. The first kappa shape index (κ1) is 24.3. The SMILES string of the molecule is CCCC.Cc1ccc(S(=O)(=O)O)cc1.NCC(C(=O)O)C(=O)O. The van der Waals surface area contributed by atoms with Gasteiger partial charge in [0.25, 0.3) is 10.1 Å². The summed E-state index contributed by atoms with van der Waals surface area (Å²) in [5.74, 6) is -4.26. The Kier molecular flexibility index (Phi) is 12.6. The third-order valence-electron chi connectivity index (χ3n) is 2.65. The maximum Gasteiger partial charge on any atom is 0.319 e. The summed E-state index contributed by atoms with van der Waals surface area (Å²) >= 11 is 0. The van der Waals surface area contributed by atoms with Gasteiger partial charge in [0.1, 0.15) is 0 Å². The molecular weight excluding hydrogens is 338 g/mol. The molecule has 0 aromatic heterocycles. The van der Waals surface area contributed by atoms with E-state index in [1.165, 1.54) is 25.0 Å². The molecule has 0 aliphatic carbocycles. The van der Waals surface area contributed by atoms with Crippen LogP contribution in [0.2, 0.25) is 0 Å². The van der Waals surface area contributed by atoms with E-state index in [0.717, 1.165) is 5.56 Å². The molecule has 5 N–H and O–H groups in total. The average molecular weight is 363 g/mol. The second kappa shape index (κ2) is 12.5. The van der Waals surface area contributed by atoms with Crippen molar-refractivity contribution in [2.75, 3.05) is 6.54 Å². The number of carbonyl (C=O) groups is 2. The maximum absolute atomic E-state index is 10.5. The first-order valence-electron chi connectivity index (χ1n) is 7.20. The smallest absolute Gasteiger partial charge is 0.319 e. The summed E-state index contributed by atoms with van der Waals surface area (Å²) < 4.78 is 29.6. The number of rotatable bonds is 5. The molecule has 24 heavy (non-hydrogen) atoms. The molecular formula is C15H25NO7S. The number of carboxylic acid groups (broad SMARTS) is 2. The topological polar surface area (TPSA) is 155 Å². The lowest BCUT2D eigenvalue weighted by molar-refractivity contribution is -0.153. The van der Waals surface area contributed by atoms with Crippen LogP contribution in [0.25, 0.3) is 0 Å². The standard InChI is InChI=1S/C7H8O3S.C4H7NO4.C4H10/c1-6-2-4-7(5-3-6)11(8,9)10;5-1-2(3(6)7)4(8)9;1-3-4-2/h2-5H,1H3,(H,8,9,10);2H,1,5H2,(H,6,7)(H,8,9);3-4H2,1-2H3. The van der Waals surface area contributed by atoms with E-state index in [9.17, 15) is 18.0 Å². The molecule has 0 saturated carbocycles. The lowest BCUT2D eigenvalue weighted by Crippen LogP contribution is -2.30.